The zero-order valence-electron chi connectivity index (χ0n) is 6.24. The maximum atomic E-state index is 11.0. The van der Waals surface area contributed by atoms with Gasteiger partial charge in [0.25, 0.3) is 0 Å². The first-order valence-corrected chi connectivity index (χ1v) is 4.27. The molecule has 1 heterocycles. The molecule has 0 spiro atoms. The molecule has 0 N–H and O–H groups in total. The molecule has 0 saturated heterocycles. The molecule has 1 aliphatic heterocycles. The van der Waals surface area contributed by atoms with Gasteiger partial charge in [-0.1, -0.05) is 30.5 Å². The summed E-state index contributed by atoms with van der Waals surface area (Å²) in [5, 5.41) is 0. The number of carbonyl (C=O) groups excluding carboxylic acids is 1. The summed E-state index contributed by atoms with van der Waals surface area (Å²) in [4.78, 5) is 12.4. The molecule has 2 rings (SSSR count). The largest absolute Gasteiger partial charge is 0.421 e. The quantitative estimate of drug-likeness (QED) is 0.346. The molecular formula is C9H6O2S. The lowest BCUT2D eigenvalue weighted by Crippen LogP contribution is -2.12. The van der Waals surface area contributed by atoms with E-state index in [-0.39, 0.29) is 5.97 Å². The minimum atomic E-state index is -0.348. The van der Waals surface area contributed by atoms with Gasteiger partial charge in [0.15, 0.2) is 0 Å². The van der Waals surface area contributed by atoms with Crippen molar-refractivity contribution in [3.05, 3.63) is 35.7 Å². The van der Waals surface area contributed by atoms with Gasteiger partial charge < -0.3 is 4.74 Å². The van der Waals surface area contributed by atoms with Crippen molar-refractivity contribution >= 4 is 17.7 Å². The third-order valence-electron chi connectivity index (χ3n) is 1.51. The van der Waals surface area contributed by atoms with Crippen molar-refractivity contribution in [1.82, 2.24) is 0 Å². The number of fused-ring (bicyclic) bond motifs is 1. The Kier molecular flexibility index (Phi) is 1.66. The number of benzene rings is 1. The first kappa shape index (κ1) is 7.43. The van der Waals surface area contributed by atoms with Crippen LogP contribution in [0.3, 0.4) is 0 Å². The predicted molar refractivity (Wildman–Crippen MR) is 47.1 cm³/mol. The van der Waals surface area contributed by atoms with Gasteiger partial charge in [0.1, 0.15) is 5.75 Å². The van der Waals surface area contributed by atoms with Crippen LogP contribution in [0.25, 0.3) is 0 Å². The summed E-state index contributed by atoms with van der Waals surface area (Å²) >= 11 is 1.35. The zero-order chi connectivity index (χ0) is 8.55. The van der Waals surface area contributed by atoms with E-state index in [1.807, 2.05) is 18.2 Å². The molecule has 1 aromatic carbocycles. The molecule has 60 valence electrons. The summed E-state index contributed by atoms with van der Waals surface area (Å²) in [5.74, 6) is 0.276. The van der Waals surface area contributed by atoms with Crippen molar-refractivity contribution in [2.75, 3.05) is 0 Å². The van der Waals surface area contributed by atoms with Crippen LogP contribution in [0, 0.1) is 0 Å². The van der Waals surface area contributed by atoms with Gasteiger partial charge in [0, 0.05) is 0 Å². The lowest BCUT2D eigenvalue weighted by molar-refractivity contribution is -0.129. The highest BCUT2D eigenvalue weighted by atomic mass is 32.2. The Labute approximate surface area is 74.2 Å². The van der Waals surface area contributed by atoms with Crippen LogP contribution >= 0.6 is 11.8 Å². The Balaban J connectivity index is 2.47. The van der Waals surface area contributed by atoms with E-state index >= 15 is 0 Å². The van der Waals surface area contributed by atoms with Gasteiger partial charge in [0.2, 0.25) is 0 Å². The van der Waals surface area contributed by atoms with Crippen LogP contribution in [0.4, 0.5) is 0 Å². The van der Waals surface area contributed by atoms with Crippen LogP contribution in [-0.2, 0) is 4.79 Å². The molecule has 0 aromatic heterocycles. The third-order valence-corrected chi connectivity index (χ3v) is 2.48. The van der Waals surface area contributed by atoms with E-state index in [4.69, 9.17) is 4.74 Å². The second-order valence-electron chi connectivity index (χ2n) is 2.36. The van der Waals surface area contributed by atoms with Crippen LogP contribution in [-0.4, -0.2) is 5.97 Å². The molecule has 0 radical (unpaired) electrons. The summed E-state index contributed by atoms with van der Waals surface area (Å²) in [6, 6.07) is 7.41. The highest BCUT2D eigenvalue weighted by Gasteiger charge is 2.20. The summed E-state index contributed by atoms with van der Waals surface area (Å²) in [6.07, 6.45) is 0. The van der Waals surface area contributed by atoms with Gasteiger partial charge in [-0.2, -0.15) is 0 Å². The number of esters is 1. The molecule has 1 aromatic rings. The second-order valence-corrected chi connectivity index (χ2v) is 3.50. The van der Waals surface area contributed by atoms with Gasteiger partial charge >= 0.3 is 5.97 Å². The number of hydrogen-bond donors (Lipinski definition) is 0. The minimum Gasteiger partial charge on any atom is -0.421 e. The zero-order valence-corrected chi connectivity index (χ0v) is 7.06. The van der Waals surface area contributed by atoms with Gasteiger partial charge in [0.05, 0.1) is 9.80 Å². The number of ether oxygens (including phenoxy) is 1. The average Bonchev–Trinajstić information content (AvgIpc) is 2.07. The molecule has 0 unspecified atom stereocenters. The minimum absolute atomic E-state index is 0.348. The van der Waals surface area contributed by atoms with E-state index in [0.717, 1.165) is 4.90 Å². The first-order chi connectivity index (χ1) is 5.77. The van der Waals surface area contributed by atoms with E-state index in [2.05, 4.69) is 6.58 Å². The SMILES string of the molecule is C=C1Sc2ccccc2OC1=O. The van der Waals surface area contributed by atoms with Crippen molar-refractivity contribution in [1.29, 1.82) is 0 Å². The topological polar surface area (TPSA) is 26.3 Å². The molecule has 3 heteroatoms. The fraction of sp³-hybridized carbons (Fsp3) is 0. The fourth-order valence-corrected chi connectivity index (χ4v) is 1.70. The molecule has 0 atom stereocenters. The standard InChI is InChI=1S/C9H6O2S/c1-6-9(10)11-7-4-2-3-5-8(7)12-6/h2-5H,1H2. The van der Waals surface area contributed by atoms with Crippen molar-refractivity contribution in [2.45, 2.75) is 4.90 Å². The Bertz CT molecular complexity index is 322. The first-order valence-electron chi connectivity index (χ1n) is 3.45. The van der Waals surface area contributed by atoms with Crippen molar-refractivity contribution < 1.29 is 9.53 Å². The Hall–Kier alpha value is -1.22. The van der Waals surface area contributed by atoms with Crippen molar-refractivity contribution in [3.63, 3.8) is 0 Å². The van der Waals surface area contributed by atoms with Gasteiger partial charge in [-0.25, -0.2) is 4.79 Å². The molecule has 1 aliphatic rings. The Morgan fingerprint density at radius 3 is 2.92 bits per heavy atom. The van der Waals surface area contributed by atoms with E-state index in [9.17, 15) is 4.79 Å². The Morgan fingerprint density at radius 1 is 1.33 bits per heavy atom. The molecule has 0 bridgehead atoms. The summed E-state index contributed by atoms with van der Waals surface area (Å²) in [6.45, 7) is 3.58. The molecule has 0 aliphatic carbocycles. The number of para-hydroxylation sites is 1. The normalized spacial score (nSPS) is 15.3. The molecule has 2 nitrogen and oxygen atoms in total. The van der Waals surface area contributed by atoms with Crippen LogP contribution in [0.5, 0.6) is 5.75 Å². The van der Waals surface area contributed by atoms with Gasteiger partial charge in [-0.15, -0.1) is 0 Å². The van der Waals surface area contributed by atoms with E-state index in [1.54, 1.807) is 6.07 Å². The average molecular weight is 178 g/mol. The van der Waals surface area contributed by atoms with Crippen LogP contribution in [0.15, 0.2) is 40.6 Å². The molecule has 0 saturated carbocycles. The number of hydrogen-bond acceptors (Lipinski definition) is 3. The Morgan fingerprint density at radius 2 is 2.08 bits per heavy atom. The van der Waals surface area contributed by atoms with Crippen molar-refractivity contribution in [3.8, 4) is 5.75 Å². The van der Waals surface area contributed by atoms with Crippen molar-refractivity contribution in [2.24, 2.45) is 0 Å². The van der Waals surface area contributed by atoms with Gasteiger partial charge in [-0.05, 0) is 12.1 Å². The maximum absolute atomic E-state index is 11.0. The molecule has 12 heavy (non-hydrogen) atoms. The summed E-state index contributed by atoms with van der Waals surface area (Å²) < 4.78 is 4.98. The molecular weight excluding hydrogens is 172 g/mol. The van der Waals surface area contributed by atoms with E-state index in [0.29, 0.717) is 10.7 Å². The predicted octanol–water partition coefficient (Wildman–Crippen LogP) is 2.21. The summed E-state index contributed by atoms with van der Waals surface area (Å²) in [5.41, 5.74) is 0. The highest BCUT2D eigenvalue weighted by molar-refractivity contribution is 8.04. The van der Waals surface area contributed by atoms with E-state index in [1.165, 1.54) is 11.8 Å². The van der Waals surface area contributed by atoms with Crippen LogP contribution in [0.2, 0.25) is 0 Å². The molecule has 0 fully saturated rings. The highest BCUT2D eigenvalue weighted by Crippen LogP contribution is 2.38. The van der Waals surface area contributed by atoms with Crippen LogP contribution in [0.1, 0.15) is 0 Å². The molecule has 0 amide bonds. The number of thioether (sulfide) groups is 1. The number of rotatable bonds is 0. The summed E-state index contributed by atoms with van der Waals surface area (Å²) in [7, 11) is 0. The monoisotopic (exact) mass is 178 g/mol. The maximum Gasteiger partial charge on any atom is 0.349 e. The second kappa shape index (κ2) is 2.68. The smallest absolute Gasteiger partial charge is 0.349 e. The third kappa shape index (κ3) is 1.12. The van der Waals surface area contributed by atoms with Crippen LogP contribution < -0.4 is 4.74 Å². The lowest BCUT2D eigenvalue weighted by atomic mass is 10.3. The fourth-order valence-electron chi connectivity index (χ4n) is 0.950. The van der Waals surface area contributed by atoms with Gasteiger partial charge in [-0.3, -0.25) is 0 Å². The lowest BCUT2D eigenvalue weighted by Gasteiger charge is -2.15. The van der Waals surface area contributed by atoms with E-state index < -0.39 is 0 Å². The number of carbonyl (C=O) groups is 1.